The van der Waals surface area contributed by atoms with Crippen molar-refractivity contribution in [2.45, 2.75) is 6.23 Å². The zero-order valence-corrected chi connectivity index (χ0v) is 14.3. The van der Waals surface area contributed by atoms with Gasteiger partial charge in [-0.2, -0.15) is 0 Å². The number of aliphatic imine (C=N–C) groups is 1. The second-order valence-corrected chi connectivity index (χ2v) is 5.65. The van der Waals surface area contributed by atoms with Crippen molar-refractivity contribution in [2.24, 2.45) is 4.99 Å². The van der Waals surface area contributed by atoms with Crippen molar-refractivity contribution in [1.29, 1.82) is 0 Å². The maximum absolute atomic E-state index is 10.8. The molecule has 0 N–H and O–H groups in total. The van der Waals surface area contributed by atoms with Crippen LogP contribution in [0.1, 0.15) is 22.9 Å². The summed E-state index contributed by atoms with van der Waals surface area (Å²) in [5, 5.41) is 10.8. The SMILES string of the molecule is COC(N=C(c1ccccc1)c1ccccc1)c1ccc([N+](=O)[O-])cc1. The van der Waals surface area contributed by atoms with Crippen LogP contribution >= 0.6 is 0 Å². The van der Waals surface area contributed by atoms with Crippen molar-refractivity contribution in [3.63, 3.8) is 0 Å². The van der Waals surface area contributed by atoms with Gasteiger partial charge in [0.05, 0.1) is 10.6 Å². The van der Waals surface area contributed by atoms with Crippen molar-refractivity contribution in [3.05, 3.63) is 112 Å². The highest BCUT2D eigenvalue weighted by atomic mass is 16.6. The maximum atomic E-state index is 10.8. The number of hydrogen-bond donors (Lipinski definition) is 0. The fourth-order valence-electron chi connectivity index (χ4n) is 2.65. The number of non-ortho nitro benzene ring substituents is 1. The molecule has 1 unspecified atom stereocenters. The molecule has 1 atom stereocenters. The van der Waals surface area contributed by atoms with Crippen LogP contribution in [0.3, 0.4) is 0 Å². The minimum Gasteiger partial charge on any atom is -0.355 e. The number of benzene rings is 3. The van der Waals surface area contributed by atoms with Crippen LogP contribution in [0.25, 0.3) is 0 Å². The molecule has 0 radical (unpaired) electrons. The van der Waals surface area contributed by atoms with Gasteiger partial charge in [-0.1, -0.05) is 60.7 Å². The highest BCUT2D eigenvalue weighted by molar-refractivity contribution is 6.12. The van der Waals surface area contributed by atoms with Crippen LogP contribution in [0.4, 0.5) is 5.69 Å². The van der Waals surface area contributed by atoms with E-state index in [1.807, 2.05) is 60.7 Å². The van der Waals surface area contributed by atoms with Crippen LogP contribution in [-0.2, 0) is 4.74 Å². The molecule has 0 aliphatic rings. The molecule has 0 amide bonds. The zero-order valence-electron chi connectivity index (χ0n) is 14.3. The molecule has 0 aromatic heterocycles. The fraction of sp³-hybridized carbons (Fsp3) is 0.0952. The third kappa shape index (κ3) is 4.02. The normalized spacial score (nSPS) is 11.6. The Morgan fingerprint density at radius 2 is 1.38 bits per heavy atom. The summed E-state index contributed by atoms with van der Waals surface area (Å²) in [6, 6.07) is 26.0. The molecule has 0 bridgehead atoms. The van der Waals surface area contributed by atoms with Crippen molar-refractivity contribution in [2.75, 3.05) is 7.11 Å². The van der Waals surface area contributed by atoms with Gasteiger partial charge in [0.1, 0.15) is 0 Å². The van der Waals surface area contributed by atoms with Gasteiger partial charge < -0.3 is 4.74 Å². The summed E-state index contributed by atoms with van der Waals surface area (Å²) in [5.74, 6) is 0. The van der Waals surface area contributed by atoms with Crippen molar-refractivity contribution in [3.8, 4) is 0 Å². The first kappa shape index (κ1) is 17.5. The quantitative estimate of drug-likeness (QED) is 0.367. The number of rotatable bonds is 6. The van der Waals surface area contributed by atoms with E-state index in [1.54, 1.807) is 19.2 Å². The lowest BCUT2D eigenvalue weighted by Gasteiger charge is -2.15. The average Bonchev–Trinajstić information content (AvgIpc) is 2.70. The molecule has 5 nitrogen and oxygen atoms in total. The Morgan fingerprint density at radius 1 is 0.885 bits per heavy atom. The molecule has 0 saturated carbocycles. The van der Waals surface area contributed by atoms with E-state index in [0.717, 1.165) is 22.4 Å². The first-order valence-electron chi connectivity index (χ1n) is 8.15. The highest BCUT2D eigenvalue weighted by Gasteiger charge is 2.15. The second kappa shape index (κ2) is 8.18. The van der Waals surface area contributed by atoms with Gasteiger partial charge in [-0.3, -0.25) is 10.1 Å². The first-order valence-corrected chi connectivity index (χ1v) is 8.15. The zero-order chi connectivity index (χ0) is 18.4. The summed E-state index contributed by atoms with van der Waals surface area (Å²) < 4.78 is 5.55. The molecular formula is C21H18N2O3. The topological polar surface area (TPSA) is 64.7 Å². The summed E-state index contributed by atoms with van der Waals surface area (Å²) >= 11 is 0. The van der Waals surface area contributed by atoms with E-state index in [0.29, 0.717) is 0 Å². The Balaban J connectivity index is 2.03. The summed E-state index contributed by atoms with van der Waals surface area (Å²) in [5.41, 5.74) is 3.54. The molecular weight excluding hydrogens is 328 g/mol. The predicted molar refractivity (Wildman–Crippen MR) is 101 cm³/mol. The molecule has 0 fully saturated rings. The standard InChI is InChI=1S/C21H18N2O3/c1-26-21(18-12-14-19(15-13-18)23(24)25)22-20(16-8-4-2-5-9-16)17-10-6-3-7-11-17/h2-15,21H,1H3. The molecule has 0 spiro atoms. The molecule has 0 saturated heterocycles. The van der Waals surface area contributed by atoms with E-state index in [4.69, 9.17) is 9.73 Å². The number of nitrogens with zero attached hydrogens (tertiary/aromatic N) is 2. The van der Waals surface area contributed by atoms with Crippen LogP contribution in [-0.4, -0.2) is 17.7 Å². The van der Waals surface area contributed by atoms with Gasteiger partial charge in [-0.05, 0) is 12.1 Å². The highest BCUT2D eigenvalue weighted by Crippen LogP contribution is 2.24. The Bertz CT molecular complexity index is 850. The van der Waals surface area contributed by atoms with Crippen LogP contribution in [0.15, 0.2) is 89.9 Å². The lowest BCUT2D eigenvalue weighted by molar-refractivity contribution is -0.384. The van der Waals surface area contributed by atoms with Gasteiger partial charge in [-0.25, -0.2) is 4.99 Å². The van der Waals surface area contributed by atoms with Crippen molar-refractivity contribution in [1.82, 2.24) is 0 Å². The van der Waals surface area contributed by atoms with Crippen LogP contribution < -0.4 is 0 Å². The lowest BCUT2D eigenvalue weighted by atomic mass is 10.0. The van der Waals surface area contributed by atoms with Gasteiger partial charge in [0.2, 0.25) is 0 Å². The van der Waals surface area contributed by atoms with Gasteiger partial charge in [0.15, 0.2) is 6.23 Å². The minimum absolute atomic E-state index is 0.0407. The van der Waals surface area contributed by atoms with Crippen LogP contribution in [0.2, 0.25) is 0 Å². The molecule has 26 heavy (non-hydrogen) atoms. The van der Waals surface area contributed by atoms with E-state index < -0.39 is 11.2 Å². The van der Waals surface area contributed by atoms with Crippen molar-refractivity contribution < 1.29 is 9.66 Å². The molecule has 5 heteroatoms. The molecule has 130 valence electrons. The third-order valence-electron chi connectivity index (χ3n) is 3.95. The Labute approximate surface area is 151 Å². The van der Waals surface area contributed by atoms with Gasteiger partial charge in [0, 0.05) is 35.9 Å². The maximum Gasteiger partial charge on any atom is 0.269 e. The number of nitro benzene ring substituents is 1. The van der Waals surface area contributed by atoms with Crippen LogP contribution in [0, 0.1) is 10.1 Å². The van der Waals surface area contributed by atoms with Gasteiger partial charge >= 0.3 is 0 Å². The molecule has 0 heterocycles. The summed E-state index contributed by atoms with van der Waals surface area (Å²) in [7, 11) is 1.57. The number of hydrogen-bond acceptors (Lipinski definition) is 4. The molecule has 0 aliphatic heterocycles. The number of methoxy groups -OCH3 is 1. The minimum atomic E-state index is -0.564. The van der Waals surface area contributed by atoms with E-state index in [-0.39, 0.29) is 5.69 Å². The lowest BCUT2D eigenvalue weighted by Crippen LogP contribution is -2.08. The van der Waals surface area contributed by atoms with Crippen molar-refractivity contribution >= 4 is 11.4 Å². The summed E-state index contributed by atoms with van der Waals surface area (Å²) in [4.78, 5) is 15.2. The second-order valence-electron chi connectivity index (χ2n) is 5.65. The fourth-order valence-corrected chi connectivity index (χ4v) is 2.65. The Hall–Kier alpha value is -3.31. The Kier molecular flexibility index (Phi) is 5.51. The number of nitro groups is 1. The largest absolute Gasteiger partial charge is 0.355 e. The first-order chi connectivity index (χ1) is 12.7. The van der Waals surface area contributed by atoms with Gasteiger partial charge in [0.25, 0.3) is 5.69 Å². The molecule has 0 aliphatic carbocycles. The third-order valence-corrected chi connectivity index (χ3v) is 3.95. The van der Waals surface area contributed by atoms with E-state index >= 15 is 0 Å². The van der Waals surface area contributed by atoms with E-state index in [1.165, 1.54) is 12.1 Å². The predicted octanol–water partition coefficient (Wildman–Crippen LogP) is 4.78. The summed E-state index contributed by atoms with van der Waals surface area (Å²) in [6.45, 7) is 0. The Morgan fingerprint density at radius 3 is 1.81 bits per heavy atom. The molecule has 3 aromatic rings. The van der Waals surface area contributed by atoms with E-state index in [9.17, 15) is 10.1 Å². The smallest absolute Gasteiger partial charge is 0.269 e. The van der Waals surface area contributed by atoms with Gasteiger partial charge in [-0.15, -0.1) is 0 Å². The summed E-state index contributed by atoms with van der Waals surface area (Å²) in [6.07, 6.45) is -0.564. The molecule has 3 aromatic carbocycles. The average molecular weight is 346 g/mol. The molecule has 3 rings (SSSR count). The van der Waals surface area contributed by atoms with Crippen LogP contribution in [0.5, 0.6) is 0 Å². The van der Waals surface area contributed by atoms with E-state index in [2.05, 4.69) is 0 Å². The number of ether oxygens (including phenoxy) is 1. The monoisotopic (exact) mass is 346 g/mol.